The van der Waals surface area contributed by atoms with E-state index in [4.69, 9.17) is 0 Å². The van der Waals surface area contributed by atoms with Gasteiger partial charge in [0.2, 0.25) is 0 Å². The zero-order chi connectivity index (χ0) is 11.5. The highest BCUT2D eigenvalue weighted by Gasteiger charge is 2.10. The molecule has 0 saturated heterocycles. The molecule has 1 N–H and O–H groups in total. The fraction of sp³-hybridized carbons (Fsp3) is 0. The molecule has 3 heterocycles. The number of hydrogen-bond acceptors (Lipinski definition) is 4. The highest BCUT2D eigenvalue weighted by Crippen LogP contribution is 2.28. The van der Waals surface area contributed by atoms with Gasteiger partial charge in [0.15, 0.2) is 0 Å². The minimum Gasteiger partial charge on any atom is -0.366 e. The van der Waals surface area contributed by atoms with Crippen LogP contribution >= 0.6 is 0 Å². The fourth-order valence-electron chi connectivity index (χ4n) is 1.67. The van der Waals surface area contributed by atoms with Crippen LogP contribution in [-0.2, 0) is 0 Å². The molecule has 0 aromatic carbocycles. The van der Waals surface area contributed by atoms with Crippen molar-refractivity contribution in [2.75, 3.05) is 0 Å². The summed E-state index contributed by atoms with van der Waals surface area (Å²) in [5, 5.41) is 7.96. The first kappa shape index (κ1) is 9.65. The Labute approximate surface area is 97.6 Å². The standard InChI is InChI=1S/C12H9N5/c1-2-11(17-16-3-1)9-6-14-7-10(9)12-8-13-4-5-15-12/h1-8,14H. The molecular weight excluding hydrogens is 214 g/mol. The number of aromatic amines is 1. The normalized spacial score (nSPS) is 10.4. The van der Waals surface area contributed by atoms with Crippen LogP contribution in [0.3, 0.4) is 0 Å². The molecule has 17 heavy (non-hydrogen) atoms. The first-order valence-electron chi connectivity index (χ1n) is 5.16. The van der Waals surface area contributed by atoms with E-state index in [1.54, 1.807) is 24.8 Å². The quantitative estimate of drug-likeness (QED) is 0.720. The Morgan fingerprint density at radius 3 is 2.53 bits per heavy atom. The zero-order valence-electron chi connectivity index (χ0n) is 8.91. The lowest BCUT2D eigenvalue weighted by Crippen LogP contribution is -1.88. The highest BCUT2D eigenvalue weighted by molar-refractivity contribution is 5.78. The Morgan fingerprint density at radius 2 is 1.82 bits per heavy atom. The van der Waals surface area contributed by atoms with Gasteiger partial charge in [-0.15, -0.1) is 0 Å². The Bertz CT molecular complexity index is 549. The van der Waals surface area contributed by atoms with Crippen LogP contribution in [-0.4, -0.2) is 25.1 Å². The summed E-state index contributed by atoms with van der Waals surface area (Å²) in [6.45, 7) is 0. The first-order chi connectivity index (χ1) is 8.45. The largest absolute Gasteiger partial charge is 0.366 e. The highest BCUT2D eigenvalue weighted by atomic mass is 15.1. The van der Waals surface area contributed by atoms with E-state index >= 15 is 0 Å². The summed E-state index contributed by atoms with van der Waals surface area (Å²) in [5.74, 6) is 0. The van der Waals surface area contributed by atoms with E-state index in [0.717, 1.165) is 22.5 Å². The summed E-state index contributed by atoms with van der Waals surface area (Å²) in [7, 11) is 0. The predicted molar refractivity (Wildman–Crippen MR) is 62.8 cm³/mol. The molecule has 0 aliphatic heterocycles. The summed E-state index contributed by atoms with van der Waals surface area (Å²) in [6, 6.07) is 3.77. The molecule has 0 fully saturated rings. The van der Waals surface area contributed by atoms with E-state index < -0.39 is 0 Å². The number of H-pyrrole nitrogens is 1. The van der Waals surface area contributed by atoms with Gasteiger partial charge >= 0.3 is 0 Å². The Kier molecular flexibility index (Phi) is 2.34. The van der Waals surface area contributed by atoms with E-state index in [9.17, 15) is 0 Å². The van der Waals surface area contributed by atoms with Gasteiger partial charge in [-0.2, -0.15) is 10.2 Å². The van der Waals surface area contributed by atoms with Crippen molar-refractivity contribution in [3.8, 4) is 22.5 Å². The molecule has 82 valence electrons. The minimum absolute atomic E-state index is 0.814. The van der Waals surface area contributed by atoms with Gasteiger partial charge in [0.05, 0.1) is 17.6 Å². The second-order valence-corrected chi connectivity index (χ2v) is 3.48. The summed E-state index contributed by atoms with van der Waals surface area (Å²) in [5.41, 5.74) is 3.57. The topological polar surface area (TPSA) is 67.3 Å². The van der Waals surface area contributed by atoms with Gasteiger partial charge in [0, 0.05) is 42.1 Å². The van der Waals surface area contributed by atoms with E-state index in [0.29, 0.717) is 0 Å². The van der Waals surface area contributed by atoms with Crippen molar-refractivity contribution in [3.63, 3.8) is 0 Å². The van der Waals surface area contributed by atoms with Crippen molar-refractivity contribution in [2.45, 2.75) is 0 Å². The lowest BCUT2D eigenvalue weighted by molar-refractivity contribution is 1.04. The van der Waals surface area contributed by atoms with Crippen molar-refractivity contribution < 1.29 is 0 Å². The van der Waals surface area contributed by atoms with Gasteiger partial charge in [-0.1, -0.05) is 0 Å². The van der Waals surface area contributed by atoms with Crippen LogP contribution in [0.25, 0.3) is 22.5 Å². The molecule has 0 bridgehead atoms. The van der Waals surface area contributed by atoms with Crippen LogP contribution in [0.1, 0.15) is 0 Å². The third-order valence-corrected chi connectivity index (χ3v) is 2.43. The Morgan fingerprint density at radius 1 is 0.941 bits per heavy atom. The molecule has 3 rings (SSSR count). The third kappa shape index (κ3) is 1.78. The molecule has 3 aromatic rings. The zero-order valence-corrected chi connectivity index (χ0v) is 8.91. The summed E-state index contributed by atoms with van der Waals surface area (Å²) >= 11 is 0. The number of rotatable bonds is 2. The molecule has 5 nitrogen and oxygen atoms in total. The molecule has 0 radical (unpaired) electrons. The number of hydrogen-bond donors (Lipinski definition) is 1. The molecule has 0 unspecified atom stereocenters. The molecule has 5 heteroatoms. The third-order valence-electron chi connectivity index (χ3n) is 2.43. The molecular formula is C12H9N5. The SMILES string of the molecule is c1cnnc(-c2c[nH]cc2-c2cnccn2)c1. The lowest BCUT2D eigenvalue weighted by Gasteiger charge is -2.01. The van der Waals surface area contributed by atoms with Gasteiger partial charge in [0.1, 0.15) is 0 Å². The van der Waals surface area contributed by atoms with Crippen LogP contribution in [0.5, 0.6) is 0 Å². The summed E-state index contributed by atoms with van der Waals surface area (Å²) in [6.07, 6.45) is 10.5. The van der Waals surface area contributed by atoms with Gasteiger partial charge in [-0.3, -0.25) is 9.97 Å². The summed E-state index contributed by atoms with van der Waals surface area (Å²) < 4.78 is 0. The van der Waals surface area contributed by atoms with Crippen LogP contribution in [0.2, 0.25) is 0 Å². The lowest BCUT2D eigenvalue weighted by atomic mass is 10.1. The number of nitrogens with zero attached hydrogens (tertiary/aromatic N) is 4. The molecule has 0 atom stereocenters. The van der Waals surface area contributed by atoms with E-state index in [-0.39, 0.29) is 0 Å². The monoisotopic (exact) mass is 223 g/mol. The number of aromatic nitrogens is 5. The minimum atomic E-state index is 0.814. The van der Waals surface area contributed by atoms with Crippen LogP contribution in [0.15, 0.2) is 49.3 Å². The maximum Gasteiger partial charge on any atom is 0.0951 e. The second kappa shape index (κ2) is 4.13. The van der Waals surface area contributed by atoms with E-state index in [1.165, 1.54) is 0 Å². The average molecular weight is 223 g/mol. The van der Waals surface area contributed by atoms with E-state index in [2.05, 4.69) is 25.1 Å². The van der Waals surface area contributed by atoms with Crippen molar-refractivity contribution in [1.29, 1.82) is 0 Å². The molecule has 0 aliphatic carbocycles. The summed E-state index contributed by atoms with van der Waals surface area (Å²) in [4.78, 5) is 11.4. The van der Waals surface area contributed by atoms with Gasteiger partial charge in [0.25, 0.3) is 0 Å². The van der Waals surface area contributed by atoms with Crippen molar-refractivity contribution in [2.24, 2.45) is 0 Å². The predicted octanol–water partition coefficient (Wildman–Crippen LogP) is 1.93. The maximum absolute atomic E-state index is 4.28. The van der Waals surface area contributed by atoms with Crippen LogP contribution in [0.4, 0.5) is 0 Å². The molecule has 0 aliphatic rings. The first-order valence-corrected chi connectivity index (χ1v) is 5.16. The second-order valence-electron chi connectivity index (χ2n) is 3.48. The van der Waals surface area contributed by atoms with Crippen LogP contribution in [0, 0.1) is 0 Å². The molecule has 3 aromatic heterocycles. The smallest absolute Gasteiger partial charge is 0.0951 e. The fourth-order valence-corrected chi connectivity index (χ4v) is 1.67. The van der Waals surface area contributed by atoms with Gasteiger partial charge in [-0.05, 0) is 12.1 Å². The van der Waals surface area contributed by atoms with Crippen molar-refractivity contribution in [3.05, 3.63) is 49.3 Å². The molecule has 0 spiro atoms. The van der Waals surface area contributed by atoms with Crippen molar-refractivity contribution in [1.82, 2.24) is 25.1 Å². The van der Waals surface area contributed by atoms with Crippen LogP contribution < -0.4 is 0 Å². The van der Waals surface area contributed by atoms with Gasteiger partial charge < -0.3 is 4.98 Å². The maximum atomic E-state index is 4.28. The van der Waals surface area contributed by atoms with Gasteiger partial charge in [-0.25, -0.2) is 0 Å². The Balaban J connectivity index is 2.13. The number of nitrogens with one attached hydrogen (secondary N) is 1. The average Bonchev–Trinajstić information content (AvgIpc) is 2.90. The van der Waals surface area contributed by atoms with Crippen molar-refractivity contribution >= 4 is 0 Å². The molecule has 0 saturated carbocycles. The van der Waals surface area contributed by atoms with E-state index in [1.807, 2.05) is 24.5 Å². The molecule has 0 amide bonds. The Hall–Kier alpha value is -2.56.